The summed E-state index contributed by atoms with van der Waals surface area (Å²) in [5.74, 6) is 1.18. The zero-order valence-corrected chi connectivity index (χ0v) is 11.7. The molecule has 1 fully saturated rings. The molecule has 1 N–H and O–H groups in total. The second kappa shape index (κ2) is 6.57. The molecule has 1 heterocycles. The van der Waals surface area contributed by atoms with Crippen LogP contribution in [0.5, 0.6) is 5.75 Å². The van der Waals surface area contributed by atoms with Crippen molar-refractivity contribution in [1.82, 2.24) is 10.2 Å². The minimum Gasteiger partial charge on any atom is -0.496 e. The fraction of sp³-hybridized carbons (Fsp3) is 0.533. The highest BCUT2D eigenvalue weighted by molar-refractivity contribution is 5.79. The second-order valence-electron chi connectivity index (χ2n) is 5.05. The molecule has 0 bridgehead atoms. The number of amides is 1. The van der Waals surface area contributed by atoms with Crippen LogP contribution in [0.25, 0.3) is 0 Å². The molecule has 1 aromatic rings. The van der Waals surface area contributed by atoms with Gasteiger partial charge in [-0.1, -0.05) is 18.2 Å². The quantitative estimate of drug-likeness (QED) is 0.897. The first-order valence-electron chi connectivity index (χ1n) is 6.80. The number of carbonyl (C=O) groups excluding carboxylic acids is 1. The molecule has 1 aliphatic heterocycles. The molecule has 1 saturated heterocycles. The molecule has 0 aliphatic carbocycles. The lowest BCUT2D eigenvalue weighted by Crippen LogP contribution is -2.41. The summed E-state index contributed by atoms with van der Waals surface area (Å²) in [4.78, 5) is 14.1. The van der Waals surface area contributed by atoms with Gasteiger partial charge in [0, 0.05) is 25.7 Å². The molecule has 104 valence electrons. The summed E-state index contributed by atoms with van der Waals surface area (Å²) in [5, 5.41) is 3.28. The van der Waals surface area contributed by atoms with Crippen LogP contribution in [0.2, 0.25) is 0 Å². The molecule has 0 aromatic heterocycles. The van der Waals surface area contributed by atoms with Crippen LogP contribution in [0.15, 0.2) is 24.3 Å². The molecule has 4 heteroatoms. The third kappa shape index (κ3) is 3.47. The Kier molecular flexibility index (Phi) is 4.80. The summed E-state index contributed by atoms with van der Waals surface area (Å²) in [6, 6.07) is 7.84. The normalized spacial score (nSPS) is 18.9. The molecule has 1 aromatic carbocycles. The predicted molar refractivity (Wildman–Crippen MR) is 75.1 cm³/mol. The lowest BCUT2D eigenvalue weighted by atomic mass is 9.98. The summed E-state index contributed by atoms with van der Waals surface area (Å²) in [5.41, 5.74) is 1.05. The number of piperidine rings is 1. The standard InChI is InChI=1S/C15H22N2O2/c1-17(15(18)12-7-5-9-16-10-12)11-13-6-3-4-8-14(13)19-2/h3-4,6,8,12,16H,5,7,9-11H2,1-2H3/t12-/m0/s1. The van der Waals surface area contributed by atoms with Crippen LogP contribution in [0.3, 0.4) is 0 Å². The van der Waals surface area contributed by atoms with Crippen molar-refractivity contribution < 1.29 is 9.53 Å². The molecule has 1 aliphatic rings. The lowest BCUT2D eigenvalue weighted by molar-refractivity contribution is -0.135. The van der Waals surface area contributed by atoms with Crippen molar-refractivity contribution in [3.63, 3.8) is 0 Å². The highest BCUT2D eigenvalue weighted by Crippen LogP contribution is 2.20. The van der Waals surface area contributed by atoms with E-state index in [1.54, 1.807) is 12.0 Å². The molecule has 0 saturated carbocycles. The van der Waals surface area contributed by atoms with Gasteiger partial charge < -0.3 is 15.0 Å². The number of hydrogen-bond donors (Lipinski definition) is 1. The molecule has 2 rings (SSSR count). The van der Waals surface area contributed by atoms with Crippen LogP contribution in [0.1, 0.15) is 18.4 Å². The number of hydrogen-bond acceptors (Lipinski definition) is 3. The van der Waals surface area contributed by atoms with Gasteiger partial charge in [-0.15, -0.1) is 0 Å². The Morgan fingerprint density at radius 2 is 2.26 bits per heavy atom. The zero-order chi connectivity index (χ0) is 13.7. The molecule has 0 spiro atoms. The molecule has 0 unspecified atom stereocenters. The van der Waals surface area contributed by atoms with E-state index in [1.165, 1.54) is 0 Å². The number of carbonyl (C=O) groups is 1. The maximum Gasteiger partial charge on any atom is 0.227 e. The Morgan fingerprint density at radius 1 is 1.47 bits per heavy atom. The smallest absolute Gasteiger partial charge is 0.227 e. The molecular formula is C15H22N2O2. The Balaban J connectivity index is 1.99. The Morgan fingerprint density at radius 3 is 2.95 bits per heavy atom. The first-order chi connectivity index (χ1) is 9.22. The van der Waals surface area contributed by atoms with E-state index >= 15 is 0 Å². The van der Waals surface area contributed by atoms with Gasteiger partial charge in [0.1, 0.15) is 5.75 Å². The van der Waals surface area contributed by atoms with E-state index in [2.05, 4.69) is 5.32 Å². The number of nitrogens with zero attached hydrogens (tertiary/aromatic N) is 1. The number of para-hydroxylation sites is 1. The second-order valence-corrected chi connectivity index (χ2v) is 5.05. The number of methoxy groups -OCH3 is 1. The SMILES string of the molecule is COc1ccccc1CN(C)C(=O)[C@H]1CCCNC1. The third-order valence-electron chi connectivity index (χ3n) is 3.62. The van der Waals surface area contributed by atoms with Gasteiger partial charge in [-0.2, -0.15) is 0 Å². The number of rotatable bonds is 4. The van der Waals surface area contributed by atoms with E-state index in [-0.39, 0.29) is 11.8 Å². The zero-order valence-electron chi connectivity index (χ0n) is 11.7. The van der Waals surface area contributed by atoms with E-state index in [0.717, 1.165) is 37.2 Å². The minimum atomic E-state index is 0.119. The van der Waals surface area contributed by atoms with Gasteiger partial charge in [0.25, 0.3) is 0 Å². The van der Waals surface area contributed by atoms with Crippen LogP contribution < -0.4 is 10.1 Å². The Hall–Kier alpha value is -1.55. The van der Waals surface area contributed by atoms with Crippen LogP contribution in [-0.4, -0.2) is 38.1 Å². The monoisotopic (exact) mass is 262 g/mol. The van der Waals surface area contributed by atoms with Crippen molar-refractivity contribution in [1.29, 1.82) is 0 Å². The lowest BCUT2D eigenvalue weighted by Gasteiger charge is -2.27. The van der Waals surface area contributed by atoms with E-state index < -0.39 is 0 Å². The first-order valence-corrected chi connectivity index (χ1v) is 6.80. The Bertz CT molecular complexity index is 428. The van der Waals surface area contributed by atoms with Gasteiger partial charge in [0.05, 0.1) is 13.0 Å². The molecule has 0 radical (unpaired) electrons. The fourth-order valence-electron chi connectivity index (χ4n) is 2.54. The van der Waals surface area contributed by atoms with Crippen molar-refractivity contribution in [3.05, 3.63) is 29.8 Å². The summed E-state index contributed by atoms with van der Waals surface area (Å²) >= 11 is 0. The van der Waals surface area contributed by atoms with Crippen LogP contribution in [-0.2, 0) is 11.3 Å². The summed E-state index contributed by atoms with van der Waals surface area (Å²) in [6.45, 7) is 2.43. The van der Waals surface area contributed by atoms with Crippen molar-refractivity contribution in [2.24, 2.45) is 5.92 Å². The first kappa shape index (κ1) is 13.9. The van der Waals surface area contributed by atoms with Gasteiger partial charge >= 0.3 is 0 Å². The number of ether oxygens (including phenoxy) is 1. The topological polar surface area (TPSA) is 41.6 Å². The molecule has 4 nitrogen and oxygen atoms in total. The highest BCUT2D eigenvalue weighted by Gasteiger charge is 2.24. The molecule has 1 amide bonds. The maximum absolute atomic E-state index is 12.3. The predicted octanol–water partition coefficient (Wildman–Crippen LogP) is 1.65. The minimum absolute atomic E-state index is 0.119. The average molecular weight is 262 g/mol. The van der Waals surface area contributed by atoms with E-state index in [0.29, 0.717) is 6.54 Å². The summed E-state index contributed by atoms with van der Waals surface area (Å²) in [6.07, 6.45) is 2.07. The van der Waals surface area contributed by atoms with Gasteiger partial charge in [-0.05, 0) is 25.5 Å². The highest BCUT2D eigenvalue weighted by atomic mass is 16.5. The van der Waals surface area contributed by atoms with Crippen molar-refractivity contribution in [2.45, 2.75) is 19.4 Å². The van der Waals surface area contributed by atoms with Gasteiger partial charge in [-0.25, -0.2) is 0 Å². The summed E-state index contributed by atoms with van der Waals surface area (Å²) in [7, 11) is 3.52. The third-order valence-corrected chi connectivity index (χ3v) is 3.62. The van der Waals surface area contributed by atoms with Crippen LogP contribution >= 0.6 is 0 Å². The average Bonchev–Trinajstić information content (AvgIpc) is 2.48. The van der Waals surface area contributed by atoms with Crippen molar-refractivity contribution in [3.8, 4) is 5.75 Å². The van der Waals surface area contributed by atoms with Gasteiger partial charge in [0.15, 0.2) is 0 Å². The van der Waals surface area contributed by atoms with E-state index in [9.17, 15) is 4.79 Å². The largest absolute Gasteiger partial charge is 0.496 e. The molecule has 19 heavy (non-hydrogen) atoms. The van der Waals surface area contributed by atoms with Crippen molar-refractivity contribution >= 4 is 5.91 Å². The Labute approximate surface area is 114 Å². The number of benzene rings is 1. The van der Waals surface area contributed by atoms with E-state index in [1.807, 2.05) is 31.3 Å². The molecule has 1 atom stereocenters. The van der Waals surface area contributed by atoms with Crippen LogP contribution in [0, 0.1) is 5.92 Å². The number of nitrogens with one attached hydrogen (secondary N) is 1. The molecular weight excluding hydrogens is 240 g/mol. The van der Waals surface area contributed by atoms with Crippen LogP contribution in [0.4, 0.5) is 0 Å². The summed E-state index contributed by atoms with van der Waals surface area (Å²) < 4.78 is 5.32. The van der Waals surface area contributed by atoms with Gasteiger partial charge in [0.2, 0.25) is 5.91 Å². The van der Waals surface area contributed by atoms with E-state index in [4.69, 9.17) is 4.74 Å². The van der Waals surface area contributed by atoms with Gasteiger partial charge in [-0.3, -0.25) is 4.79 Å². The maximum atomic E-state index is 12.3. The van der Waals surface area contributed by atoms with Crippen molar-refractivity contribution in [2.75, 3.05) is 27.2 Å². The fourth-order valence-corrected chi connectivity index (χ4v) is 2.54.